The maximum atomic E-state index is 11.7. The summed E-state index contributed by atoms with van der Waals surface area (Å²) in [6.45, 7) is 5.90. The van der Waals surface area contributed by atoms with E-state index < -0.39 is 10.1 Å². The van der Waals surface area contributed by atoms with Gasteiger partial charge in [0.2, 0.25) is 0 Å². The molecule has 0 aliphatic rings. The van der Waals surface area contributed by atoms with Crippen LogP contribution in [0.5, 0.6) is 0 Å². The van der Waals surface area contributed by atoms with Crippen molar-refractivity contribution in [3.63, 3.8) is 0 Å². The van der Waals surface area contributed by atoms with Gasteiger partial charge in [-0.25, -0.2) is 14.5 Å². The number of aryl methyl sites for hydroxylation is 3. The van der Waals surface area contributed by atoms with Crippen LogP contribution < -0.4 is 5.32 Å². The van der Waals surface area contributed by atoms with E-state index in [-0.39, 0.29) is 11.4 Å². The van der Waals surface area contributed by atoms with Gasteiger partial charge >= 0.3 is 0 Å². The summed E-state index contributed by atoms with van der Waals surface area (Å²) in [5.74, 6) is 1.78. The molecule has 0 amide bonds. The van der Waals surface area contributed by atoms with E-state index in [9.17, 15) is 13.0 Å². The van der Waals surface area contributed by atoms with Crippen molar-refractivity contribution in [1.29, 1.82) is 0 Å². The zero-order valence-corrected chi connectivity index (χ0v) is 17.6. The Kier molecular flexibility index (Phi) is 5.00. The lowest BCUT2D eigenvalue weighted by atomic mass is 10.1. The molecule has 2 aromatic heterocycles. The summed E-state index contributed by atoms with van der Waals surface area (Å²) in [6, 6.07) is 14.2. The average molecular weight is 423 g/mol. The summed E-state index contributed by atoms with van der Waals surface area (Å²) in [5.41, 5.74) is 3.90. The van der Waals surface area contributed by atoms with E-state index in [0.717, 1.165) is 22.6 Å². The minimum atomic E-state index is -4.33. The fourth-order valence-electron chi connectivity index (χ4n) is 3.36. The molecule has 0 bridgehead atoms. The number of fused-ring (bicyclic) bond motifs is 1. The van der Waals surface area contributed by atoms with E-state index in [0.29, 0.717) is 22.7 Å². The molecule has 0 saturated carbocycles. The Labute approximate surface area is 174 Å². The summed E-state index contributed by atoms with van der Waals surface area (Å²) in [4.78, 5) is 9.05. The monoisotopic (exact) mass is 423 g/mol. The summed E-state index contributed by atoms with van der Waals surface area (Å²) in [6.07, 6.45) is 0. The van der Waals surface area contributed by atoms with Crippen molar-refractivity contribution in [2.24, 2.45) is 0 Å². The highest BCUT2D eigenvalue weighted by molar-refractivity contribution is 7.85. The lowest BCUT2D eigenvalue weighted by molar-refractivity contribution is 0.482. The fourth-order valence-corrected chi connectivity index (χ4v) is 4.08. The lowest BCUT2D eigenvalue weighted by Gasteiger charge is -2.12. The fraction of sp³-hybridized carbons (Fsp3) is 0.190. The minimum absolute atomic E-state index is 0.136. The number of nitrogens with zero attached hydrogens (tertiary/aromatic N) is 4. The molecule has 0 aliphatic carbocycles. The van der Waals surface area contributed by atoms with Crippen LogP contribution in [-0.2, 0) is 16.7 Å². The maximum absolute atomic E-state index is 11.7. The van der Waals surface area contributed by atoms with Crippen LogP contribution in [0.25, 0.3) is 16.9 Å². The van der Waals surface area contributed by atoms with Crippen LogP contribution in [0.15, 0.2) is 53.4 Å². The lowest BCUT2D eigenvalue weighted by Crippen LogP contribution is -2.11. The molecule has 154 valence electrons. The first-order chi connectivity index (χ1) is 14.2. The molecule has 4 rings (SSSR count). The van der Waals surface area contributed by atoms with E-state index >= 15 is 0 Å². The van der Waals surface area contributed by atoms with Crippen LogP contribution in [0.3, 0.4) is 0 Å². The normalized spacial score (nSPS) is 11.7. The molecule has 0 fully saturated rings. The van der Waals surface area contributed by atoms with Crippen molar-refractivity contribution < 1.29 is 13.0 Å². The number of anilines is 1. The van der Waals surface area contributed by atoms with Crippen molar-refractivity contribution in [3.05, 3.63) is 71.2 Å². The number of benzene rings is 2. The van der Waals surface area contributed by atoms with Gasteiger partial charge in [-0.05, 0) is 32.4 Å². The van der Waals surface area contributed by atoms with E-state index in [1.54, 1.807) is 22.7 Å². The molecule has 2 heterocycles. The molecule has 2 N–H and O–H groups in total. The van der Waals surface area contributed by atoms with Gasteiger partial charge in [0.15, 0.2) is 11.6 Å². The Bertz CT molecular complexity index is 1350. The molecule has 0 unspecified atom stereocenters. The van der Waals surface area contributed by atoms with Crippen molar-refractivity contribution >= 4 is 21.5 Å². The Morgan fingerprint density at radius 3 is 2.40 bits per heavy atom. The summed E-state index contributed by atoms with van der Waals surface area (Å²) < 4.78 is 34.6. The standard InChI is InChI=1S/C21H21N5O3S/c1-13-8-10-16(11-9-13)20-24-21(19-14(2)23-15(3)26(19)25-20)22-12-17-6-4-5-7-18(17)30(27,28)29/h4-11H,12H2,1-3H3,(H,22,24,25)(H,27,28,29). The summed E-state index contributed by atoms with van der Waals surface area (Å²) in [7, 11) is -4.33. The first kappa shape index (κ1) is 20.0. The molecule has 0 radical (unpaired) electrons. The number of aromatic nitrogens is 4. The second-order valence-electron chi connectivity index (χ2n) is 7.09. The zero-order chi connectivity index (χ0) is 21.5. The van der Waals surface area contributed by atoms with E-state index in [1.807, 2.05) is 45.0 Å². The van der Waals surface area contributed by atoms with Crippen molar-refractivity contribution in [2.45, 2.75) is 32.2 Å². The first-order valence-electron chi connectivity index (χ1n) is 9.34. The van der Waals surface area contributed by atoms with Gasteiger partial charge in [-0.2, -0.15) is 8.42 Å². The van der Waals surface area contributed by atoms with Crippen LogP contribution in [0.2, 0.25) is 0 Å². The van der Waals surface area contributed by atoms with Gasteiger partial charge in [0.05, 0.1) is 10.6 Å². The molecule has 0 aliphatic heterocycles. The quantitative estimate of drug-likeness (QED) is 0.472. The molecule has 0 spiro atoms. The van der Waals surface area contributed by atoms with E-state index in [2.05, 4.69) is 20.4 Å². The maximum Gasteiger partial charge on any atom is 0.294 e. The highest BCUT2D eigenvalue weighted by Crippen LogP contribution is 2.25. The molecule has 0 saturated heterocycles. The highest BCUT2D eigenvalue weighted by Gasteiger charge is 2.18. The van der Waals surface area contributed by atoms with E-state index in [4.69, 9.17) is 0 Å². The first-order valence-corrected chi connectivity index (χ1v) is 10.8. The third-order valence-electron chi connectivity index (χ3n) is 4.83. The molecule has 0 atom stereocenters. The average Bonchev–Trinajstić information content (AvgIpc) is 3.00. The second-order valence-corrected chi connectivity index (χ2v) is 8.48. The van der Waals surface area contributed by atoms with Gasteiger partial charge in [-0.1, -0.05) is 48.0 Å². The Morgan fingerprint density at radius 2 is 1.70 bits per heavy atom. The highest BCUT2D eigenvalue weighted by atomic mass is 32.2. The molecular weight excluding hydrogens is 402 g/mol. The zero-order valence-electron chi connectivity index (χ0n) is 16.8. The number of imidazole rings is 1. The van der Waals surface area contributed by atoms with Crippen molar-refractivity contribution in [3.8, 4) is 11.4 Å². The Balaban J connectivity index is 1.80. The SMILES string of the molecule is Cc1ccc(-c2nc(NCc3ccccc3S(=O)(=O)O)c3c(C)nc(C)n3n2)cc1. The summed E-state index contributed by atoms with van der Waals surface area (Å²) >= 11 is 0. The van der Waals surface area contributed by atoms with Gasteiger partial charge in [0.1, 0.15) is 11.3 Å². The predicted octanol–water partition coefficient (Wildman–Crippen LogP) is 3.58. The van der Waals surface area contributed by atoms with Gasteiger partial charge in [0, 0.05) is 12.1 Å². The Hall–Kier alpha value is -3.30. The number of hydrogen-bond donors (Lipinski definition) is 2. The smallest absolute Gasteiger partial charge is 0.294 e. The van der Waals surface area contributed by atoms with Crippen molar-refractivity contribution in [1.82, 2.24) is 19.6 Å². The second kappa shape index (κ2) is 7.51. The number of hydrogen-bond acceptors (Lipinski definition) is 6. The largest absolute Gasteiger partial charge is 0.364 e. The van der Waals surface area contributed by atoms with Crippen LogP contribution in [0, 0.1) is 20.8 Å². The Morgan fingerprint density at radius 1 is 1.00 bits per heavy atom. The van der Waals surface area contributed by atoms with Gasteiger partial charge in [0.25, 0.3) is 10.1 Å². The topological polar surface area (TPSA) is 109 Å². The third-order valence-corrected chi connectivity index (χ3v) is 5.79. The number of nitrogens with one attached hydrogen (secondary N) is 1. The molecule has 30 heavy (non-hydrogen) atoms. The third kappa shape index (κ3) is 3.77. The van der Waals surface area contributed by atoms with Gasteiger partial charge in [-0.3, -0.25) is 4.55 Å². The van der Waals surface area contributed by atoms with Crippen LogP contribution >= 0.6 is 0 Å². The number of rotatable bonds is 5. The molecular formula is C21H21N5O3S. The van der Waals surface area contributed by atoms with E-state index in [1.165, 1.54) is 6.07 Å². The molecule has 4 aromatic rings. The summed E-state index contributed by atoms with van der Waals surface area (Å²) in [5, 5.41) is 7.84. The predicted molar refractivity (Wildman–Crippen MR) is 114 cm³/mol. The van der Waals surface area contributed by atoms with Crippen molar-refractivity contribution in [2.75, 3.05) is 5.32 Å². The minimum Gasteiger partial charge on any atom is -0.364 e. The van der Waals surface area contributed by atoms with Gasteiger partial charge < -0.3 is 5.32 Å². The molecule has 2 aromatic carbocycles. The van der Waals surface area contributed by atoms with Crippen LogP contribution in [0.4, 0.5) is 5.82 Å². The van der Waals surface area contributed by atoms with Crippen LogP contribution in [-0.4, -0.2) is 32.6 Å². The molecule has 8 nitrogen and oxygen atoms in total. The van der Waals surface area contributed by atoms with Crippen LogP contribution in [0.1, 0.15) is 22.6 Å². The molecule has 9 heteroatoms. The van der Waals surface area contributed by atoms with Gasteiger partial charge in [-0.15, -0.1) is 5.10 Å².